The zero-order valence-corrected chi connectivity index (χ0v) is 20.5. The summed E-state index contributed by atoms with van der Waals surface area (Å²) in [6.07, 6.45) is 14.7. The molecule has 1 fully saturated rings. The lowest BCUT2D eigenvalue weighted by Crippen LogP contribution is -2.25. The van der Waals surface area contributed by atoms with Crippen molar-refractivity contribution in [2.75, 3.05) is 0 Å². The first-order valence-electron chi connectivity index (χ1n) is 10.6. The number of rotatable bonds is 0. The number of allylic oxidation sites excluding steroid dienone is 5. The van der Waals surface area contributed by atoms with Crippen LogP contribution >= 0.6 is 0 Å². The number of hydrogen-bond donors (Lipinski definition) is 0. The SMILES string of the molecule is C=C1CC2(CCCCC2)CC/C(C#C[Si](C)(C)C)=C\C=C/1C#C[Si](C)(C)C. The molecule has 0 bridgehead atoms. The molecule has 1 spiro atoms. The van der Waals surface area contributed by atoms with E-state index >= 15 is 0 Å². The van der Waals surface area contributed by atoms with E-state index in [0.29, 0.717) is 5.41 Å². The summed E-state index contributed by atoms with van der Waals surface area (Å²) in [6.45, 7) is 18.4. The van der Waals surface area contributed by atoms with Crippen molar-refractivity contribution in [2.45, 2.75) is 90.6 Å². The molecule has 1 saturated carbocycles. The molecule has 0 nitrogen and oxygen atoms in total. The summed E-state index contributed by atoms with van der Waals surface area (Å²) >= 11 is 0. The maximum Gasteiger partial charge on any atom is 0.129 e. The molecule has 0 aliphatic heterocycles. The second-order valence-corrected chi connectivity index (χ2v) is 20.1. The minimum Gasteiger partial charge on any atom is -0.127 e. The van der Waals surface area contributed by atoms with Crippen molar-refractivity contribution in [3.8, 4) is 22.9 Å². The van der Waals surface area contributed by atoms with Gasteiger partial charge in [-0.25, -0.2) is 0 Å². The van der Waals surface area contributed by atoms with Gasteiger partial charge in [-0.3, -0.25) is 0 Å². The number of hydrogen-bond acceptors (Lipinski definition) is 0. The van der Waals surface area contributed by atoms with E-state index in [4.69, 9.17) is 0 Å². The van der Waals surface area contributed by atoms with Gasteiger partial charge in [0.05, 0.1) is 0 Å². The summed E-state index contributed by atoms with van der Waals surface area (Å²) < 4.78 is 0. The Morgan fingerprint density at radius 2 is 1.41 bits per heavy atom. The van der Waals surface area contributed by atoms with Crippen molar-refractivity contribution in [2.24, 2.45) is 5.41 Å². The Hall–Kier alpha value is -1.23. The van der Waals surface area contributed by atoms with Gasteiger partial charge in [0.1, 0.15) is 16.1 Å². The second-order valence-electron chi connectivity index (χ2n) is 10.6. The summed E-state index contributed by atoms with van der Waals surface area (Å²) in [5.74, 6) is 7.06. The lowest BCUT2D eigenvalue weighted by molar-refractivity contribution is 0.173. The van der Waals surface area contributed by atoms with Gasteiger partial charge in [0.25, 0.3) is 0 Å². The maximum absolute atomic E-state index is 4.49. The third kappa shape index (κ3) is 7.73. The van der Waals surface area contributed by atoms with Crippen molar-refractivity contribution >= 4 is 16.1 Å². The van der Waals surface area contributed by atoms with Crippen LogP contribution in [0, 0.1) is 28.3 Å². The molecule has 2 rings (SSSR count). The molecule has 0 saturated heterocycles. The fraction of sp³-hybridized carbons (Fsp3) is 0.600. The van der Waals surface area contributed by atoms with Crippen LogP contribution in [-0.4, -0.2) is 16.1 Å². The molecule has 0 heterocycles. The van der Waals surface area contributed by atoms with Gasteiger partial charge in [0.15, 0.2) is 0 Å². The highest BCUT2D eigenvalue weighted by atomic mass is 28.3. The Morgan fingerprint density at radius 1 is 0.815 bits per heavy atom. The molecule has 0 amide bonds. The predicted molar refractivity (Wildman–Crippen MR) is 127 cm³/mol. The van der Waals surface area contributed by atoms with Crippen LogP contribution in [0.3, 0.4) is 0 Å². The van der Waals surface area contributed by atoms with Crippen molar-refractivity contribution in [1.29, 1.82) is 0 Å². The minimum absolute atomic E-state index is 0.416. The zero-order valence-electron chi connectivity index (χ0n) is 18.5. The highest BCUT2D eigenvalue weighted by Gasteiger charge is 2.33. The van der Waals surface area contributed by atoms with Gasteiger partial charge in [-0.15, -0.1) is 11.1 Å². The molecule has 0 unspecified atom stereocenters. The van der Waals surface area contributed by atoms with Crippen molar-refractivity contribution < 1.29 is 0 Å². The van der Waals surface area contributed by atoms with Crippen LogP contribution < -0.4 is 0 Å². The van der Waals surface area contributed by atoms with E-state index in [1.165, 1.54) is 49.7 Å². The third-order valence-electron chi connectivity index (χ3n) is 5.43. The normalized spacial score (nSPS) is 24.6. The molecule has 0 aromatic rings. The van der Waals surface area contributed by atoms with E-state index in [9.17, 15) is 0 Å². The smallest absolute Gasteiger partial charge is 0.127 e. The highest BCUT2D eigenvalue weighted by Crippen LogP contribution is 2.46. The molecule has 0 N–H and O–H groups in total. The van der Waals surface area contributed by atoms with Gasteiger partial charge in [0, 0.05) is 11.1 Å². The van der Waals surface area contributed by atoms with Gasteiger partial charge in [-0.2, -0.15) is 0 Å². The topological polar surface area (TPSA) is 0 Å². The van der Waals surface area contributed by atoms with Gasteiger partial charge in [-0.1, -0.05) is 77.0 Å². The second kappa shape index (κ2) is 8.85. The molecule has 0 radical (unpaired) electrons. The molecule has 27 heavy (non-hydrogen) atoms. The largest absolute Gasteiger partial charge is 0.129 e. The van der Waals surface area contributed by atoms with Crippen LogP contribution in [0.2, 0.25) is 39.3 Å². The Bertz CT molecular complexity index is 737. The van der Waals surface area contributed by atoms with Gasteiger partial charge in [-0.05, 0) is 55.2 Å². The summed E-state index contributed by atoms with van der Waals surface area (Å²) in [4.78, 5) is 0. The monoisotopic (exact) mass is 394 g/mol. The van der Waals surface area contributed by atoms with Crippen LogP contribution in [0.4, 0.5) is 0 Å². The third-order valence-corrected chi connectivity index (χ3v) is 7.18. The summed E-state index contributed by atoms with van der Waals surface area (Å²) in [5.41, 5.74) is 11.2. The van der Waals surface area contributed by atoms with Gasteiger partial charge in [0.2, 0.25) is 0 Å². The van der Waals surface area contributed by atoms with Crippen molar-refractivity contribution in [3.63, 3.8) is 0 Å². The molecule has 0 atom stereocenters. The molecule has 2 aliphatic rings. The fourth-order valence-corrected chi connectivity index (χ4v) is 4.95. The quantitative estimate of drug-likeness (QED) is 0.299. The fourth-order valence-electron chi connectivity index (χ4n) is 3.91. The Labute approximate surface area is 170 Å². The molecule has 2 aliphatic carbocycles. The molecule has 0 aromatic heterocycles. The molecule has 0 aromatic carbocycles. The van der Waals surface area contributed by atoms with Crippen LogP contribution in [-0.2, 0) is 0 Å². The van der Waals surface area contributed by atoms with E-state index in [1.54, 1.807) is 0 Å². The lowest BCUT2D eigenvalue weighted by Gasteiger charge is -2.38. The Balaban J connectivity index is 2.42. The molecule has 2 heteroatoms. The Kier molecular flexibility index (Phi) is 7.23. The summed E-state index contributed by atoms with van der Waals surface area (Å²) in [6, 6.07) is 0. The van der Waals surface area contributed by atoms with Crippen LogP contribution in [0.25, 0.3) is 0 Å². The van der Waals surface area contributed by atoms with E-state index in [2.05, 4.69) is 80.9 Å². The summed E-state index contributed by atoms with van der Waals surface area (Å²) in [5, 5.41) is 0. The Morgan fingerprint density at radius 3 is 2.00 bits per heavy atom. The lowest BCUT2D eigenvalue weighted by atomic mass is 9.67. The molecule has 146 valence electrons. The predicted octanol–water partition coefficient (Wildman–Crippen LogP) is 7.29. The van der Waals surface area contributed by atoms with E-state index < -0.39 is 16.1 Å². The zero-order chi connectivity index (χ0) is 20.1. The first kappa shape index (κ1) is 22.1. The average Bonchev–Trinajstić information content (AvgIpc) is 2.60. The van der Waals surface area contributed by atoms with E-state index in [-0.39, 0.29) is 0 Å². The maximum atomic E-state index is 4.49. The van der Waals surface area contributed by atoms with Crippen molar-refractivity contribution in [1.82, 2.24) is 0 Å². The first-order chi connectivity index (χ1) is 12.5. The van der Waals surface area contributed by atoms with Crippen LogP contribution in [0.15, 0.2) is 35.5 Å². The minimum atomic E-state index is -1.40. The van der Waals surface area contributed by atoms with Gasteiger partial charge >= 0.3 is 0 Å². The standard InChI is InChI=1S/C25H38Si2/c1-22-21-25(16-9-8-10-17-25)18-13-23(14-19-26(2,3)4)11-12-24(22)15-20-27(5,6)7/h11-12H,1,8-10,13,16-18,21H2,2-7H3/b23-11+,24-12-. The molecular weight excluding hydrogens is 356 g/mol. The van der Waals surface area contributed by atoms with Gasteiger partial charge < -0.3 is 0 Å². The van der Waals surface area contributed by atoms with E-state index in [1.807, 2.05) is 0 Å². The first-order valence-corrected chi connectivity index (χ1v) is 17.6. The molecular formula is C25H38Si2. The summed E-state index contributed by atoms with van der Waals surface area (Å²) in [7, 11) is -2.77. The van der Waals surface area contributed by atoms with Crippen molar-refractivity contribution in [3.05, 3.63) is 35.5 Å². The van der Waals surface area contributed by atoms with Crippen LogP contribution in [0.5, 0.6) is 0 Å². The average molecular weight is 395 g/mol. The van der Waals surface area contributed by atoms with E-state index in [0.717, 1.165) is 18.4 Å². The highest BCUT2D eigenvalue weighted by molar-refractivity contribution is 6.84. The van der Waals surface area contributed by atoms with Crippen LogP contribution in [0.1, 0.15) is 51.4 Å².